The maximum absolute atomic E-state index is 11.5. The summed E-state index contributed by atoms with van der Waals surface area (Å²) in [7, 11) is 0. The molecule has 32 heavy (non-hydrogen) atoms. The Morgan fingerprint density at radius 3 is 2.75 bits per heavy atom. The van der Waals surface area contributed by atoms with Gasteiger partial charge in [0.15, 0.2) is 5.82 Å². The molecule has 0 saturated heterocycles. The molecule has 5 rings (SSSR count). The second-order valence-corrected chi connectivity index (χ2v) is 7.60. The van der Waals surface area contributed by atoms with Gasteiger partial charge in [0.1, 0.15) is 11.8 Å². The summed E-state index contributed by atoms with van der Waals surface area (Å²) in [5.74, 6) is 0.263. The lowest BCUT2D eigenvalue weighted by Gasteiger charge is -2.11. The average molecular weight is 426 g/mol. The molecule has 8 heteroatoms. The summed E-state index contributed by atoms with van der Waals surface area (Å²) < 4.78 is 4.07. The minimum atomic E-state index is -0.427. The Morgan fingerprint density at radius 1 is 1.03 bits per heavy atom. The third-order valence-electron chi connectivity index (χ3n) is 5.49. The number of fused-ring (bicyclic) bond motifs is 2. The van der Waals surface area contributed by atoms with Crippen LogP contribution in [0.15, 0.2) is 73.3 Å². The number of nitrogens with zero attached hydrogens (tertiary/aromatic N) is 4. The minimum Gasteiger partial charge on any atom is -0.395 e. The molecule has 0 aliphatic rings. The quantitative estimate of drug-likeness (QED) is 0.370. The third-order valence-corrected chi connectivity index (χ3v) is 5.49. The van der Waals surface area contributed by atoms with Gasteiger partial charge >= 0.3 is 0 Å². The zero-order valence-electron chi connectivity index (χ0n) is 17.3. The van der Waals surface area contributed by atoms with E-state index in [1.165, 1.54) is 6.33 Å². The number of carbonyl (C=O) groups excluding carboxylic acids is 1. The minimum absolute atomic E-state index is 0.0416. The predicted octanol–water partition coefficient (Wildman–Crippen LogP) is 3.27. The van der Waals surface area contributed by atoms with E-state index < -0.39 is 5.91 Å². The van der Waals surface area contributed by atoms with E-state index in [1.54, 1.807) is 6.07 Å². The monoisotopic (exact) mass is 426 g/mol. The topological polar surface area (TPSA) is 111 Å². The fourth-order valence-electron chi connectivity index (χ4n) is 3.99. The Bertz CT molecular complexity index is 1440. The number of aliphatic hydroxyl groups is 1. The van der Waals surface area contributed by atoms with Crippen LogP contribution in [-0.2, 0) is 13.1 Å². The highest BCUT2D eigenvalue weighted by Gasteiger charge is 2.11. The zero-order chi connectivity index (χ0) is 22.1. The molecular weight excluding hydrogens is 404 g/mol. The van der Waals surface area contributed by atoms with Gasteiger partial charge in [0, 0.05) is 47.6 Å². The van der Waals surface area contributed by atoms with Gasteiger partial charge in [0.2, 0.25) is 5.91 Å². The molecule has 0 bridgehead atoms. The summed E-state index contributed by atoms with van der Waals surface area (Å²) in [6.07, 6.45) is 5.46. The van der Waals surface area contributed by atoms with Crippen molar-refractivity contribution in [3.63, 3.8) is 0 Å². The van der Waals surface area contributed by atoms with E-state index in [4.69, 9.17) is 5.73 Å². The number of aliphatic hydroxyl groups excluding tert-OH is 1. The third kappa shape index (κ3) is 3.67. The molecule has 0 fully saturated rings. The van der Waals surface area contributed by atoms with E-state index in [9.17, 15) is 9.90 Å². The van der Waals surface area contributed by atoms with Gasteiger partial charge in [-0.05, 0) is 48.0 Å². The Hall–Kier alpha value is -4.17. The fraction of sp³-hybridized carbons (Fsp3) is 0.125. The molecule has 3 heterocycles. The molecule has 0 aliphatic carbocycles. The first-order valence-electron chi connectivity index (χ1n) is 10.3. The number of anilines is 2. The first-order chi connectivity index (χ1) is 15.6. The van der Waals surface area contributed by atoms with Crippen LogP contribution < -0.4 is 11.1 Å². The highest BCUT2D eigenvalue weighted by atomic mass is 16.3. The smallest absolute Gasteiger partial charge is 0.248 e. The molecule has 3 aromatic heterocycles. The maximum atomic E-state index is 11.5. The van der Waals surface area contributed by atoms with Crippen LogP contribution in [0.5, 0.6) is 0 Å². The number of aromatic nitrogens is 4. The predicted molar refractivity (Wildman–Crippen MR) is 124 cm³/mol. The molecule has 0 unspecified atom stereocenters. The fourth-order valence-corrected chi connectivity index (χ4v) is 3.99. The van der Waals surface area contributed by atoms with E-state index >= 15 is 0 Å². The molecule has 0 saturated carbocycles. The van der Waals surface area contributed by atoms with Crippen LogP contribution in [-0.4, -0.2) is 36.7 Å². The molecule has 4 N–H and O–H groups in total. The molecule has 0 atom stereocenters. The van der Waals surface area contributed by atoms with E-state index in [-0.39, 0.29) is 6.61 Å². The average Bonchev–Trinajstić information content (AvgIpc) is 3.39. The van der Waals surface area contributed by atoms with Crippen LogP contribution >= 0.6 is 0 Å². The lowest BCUT2D eigenvalue weighted by molar-refractivity contribution is 0.1000. The van der Waals surface area contributed by atoms with Gasteiger partial charge in [-0.25, -0.2) is 9.97 Å². The molecule has 1 amide bonds. The van der Waals surface area contributed by atoms with Crippen LogP contribution in [0.2, 0.25) is 0 Å². The Labute approximate surface area is 183 Å². The van der Waals surface area contributed by atoms with Crippen LogP contribution in [0, 0.1) is 0 Å². The summed E-state index contributed by atoms with van der Waals surface area (Å²) in [4.78, 5) is 20.2. The van der Waals surface area contributed by atoms with Gasteiger partial charge in [-0.1, -0.05) is 12.1 Å². The van der Waals surface area contributed by atoms with Gasteiger partial charge in [-0.15, -0.1) is 0 Å². The number of rotatable bonds is 7. The summed E-state index contributed by atoms with van der Waals surface area (Å²) in [6, 6.07) is 17.5. The maximum Gasteiger partial charge on any atom is 0.248 e. The molecule has 5 aromatic rings. The molecule has 2 aromatic carbocycles. The van der Waals surface area contributed by atoms with Gasteiger partial charge in [-0.3, -0.25) is 4.79 Å². The second-order valence-electron chi connectivity index (χ2n) is 7.60. The van der Waals surface area contributed by atoms with Crippen molar-refractivity contribution in [3.05, 3.63) is 84.4 Å². The Balaban J connectivity index is 1.43. The molecule has 0 spiro atoms. The second kappa shape index (κ2) is 8.16. The Kier molecular flexibility index (Phi) is 5.04. The van der Waals surface area contributed by atoms with Crippen molar-refractivity contribution in [1.29, 1.82) is 0 Å². The van der Waals surface area contributed by atoms with E-state index in [0.29, 0.717) is 24.5 Å². The number of nitrogens with one attached hydrogen (secondary N) is 1. The SMILES string of the molecule is NC(=O)c1cccc(Cn2ccc3cc(Nc4ncnc5ccn(CCO)c45)ccc32)c1. The number of carbonyl (C=O) groups is 1. The van der Waals surface area contributed by atoms with Crippen molar-refractivity contribution >= 4 is 39.3 Å². The van der Waals surface area contributed by atoms with Crippen molar-refractivity contribution in [2.75, 3.05) is 11.9 Å². The molecule has 0 radical (unpaired) electrons. The number of hydrogen-bond donors (Lipinski definition) is 3. The number of primary amides is 1. The van der Waals surface area contributed by atoms with Gasteiger partial charge < -0.3 is 25.3 Å². The van der Waals surface area contributed by atoms with E-state index in [2.05, 4.69) is 38.1 Å². The van der Waals surface area contributed by atoms with Crippen molar-refractivity contribution in [2.45, 2.75) is 13.1 Å². The zero-order valence-corrected chi connectivity index (χ0v) is 17.3. The van der Waals surface area contributed by atoms with Crippen LogP contribution in [0.3, 0.4) is 0 Å². The molecule has 8 nitrogen and oxygen atoms in total. The van der Waals surface area contributed by atoms with Crippen molar-refractivity contribution < 1.29 is 9.90 Å². The number of benzene rings is 2. The highest BCUT2D eigenvalue weighted by molar-refractivity contribution is 5.93. The number of hydrogen-bond acceptors (Lipinski definition) is 5. The van der Waals surface area contributed by atoms with Gasteiger partial charge in [0.25, 0.3) is 0 Å². The largest absolute Gasteiger partial charge is 0.395 e. The van der Waals surface area contributed by atoms with Crippen LogP contribution in [0.4, 0.5) is 11.5 Å². The van der Waals surface area contributed by atoms with Gasteiger partial charge in [0.05, 0.1) is 12.1 Å². The summed E-state index contributed by atoms with van der Waals surface area (Å²) in [5.41, 5.74) is 10.6. The van der Waals surface area contributed by atoms with Crippen LogP contribution in [0.1, 0.15) is 15.9 Å². The lowest BCUT2D eigenvalue weighted by Crippen LogP contribution is -2.11. The lowest BCUT2D eigenvalue weighted by atomic mass is 10.1. The first kappa shape index (κ1) is 19.8. The number of nitrogens with two attached hydrogens (primary N) is 1. The van der Waals surface area contributed by atoms with Crippen molar-refractivity contribution in [2.24, 2.45) is 5.73 Å². The standard InChI is InChI=1S/C24H22N6O2/c25-23(32)18-3-1-2-16(12-18)14-30-8-6-17-13-19(4-5-21(17)30)28-24-22-20(26-15-27-24)7-9-29(22)10-11-31/h1-9,12-13,15,31H,10-11,14H2,(H2,25,32)(H,26,27,28). The summed E-state index contributed by atoms with van der Waals surface area (Å²) in [6.45, 7) is 1.16. The van der Waals surface area contributed by atoms with Crippen molar-refractivity contribution in [1.82, 2.24) is 19.1 Å². The summed E-state index contributed by atoms with van der Waals surface area (Å²) >= 11 is 0. The molecule has 160 valence electrons. The van der Waals surface area contributed by atoms with Crippen LogP contribution in [0.25, 0.3) is 21.9 Å². The van der Waals surface area contributed by atoms with Crippen molar-refractivity contribution in [3.8, 4) is 0 Å². The highest BCUT2D eigenvalue weighted by Crippen LogP contribution is 2.27. The molecule has 0 aliphatic heterocycles. The first-order valence-corrected chi connectivity index (χ1v) is 10.3. The van der Waals surface area contributed by atoms with E-state index in [1.807, 2.05) is 47.3 Å². The molecular formula is C24H22N6O2. The normalized spacial score (nSPS) is 11.3. The van der Waals surface area contributed by atoms with E-state index in [0.717, 1.165) is 33.2 Å². The number of amides is 1. The Morgan fingerprint density at radius 2 is 1.91 bits per heavy atom. The summed E-state index contributed by atoms with van der Waals surface area (Å²) in [5, 5.41) is 13.8. The van der Waals surface area contributed by atoms with Gasteiger partial charge in [-0.2, -0.15) is 0 Å².